The summed E-state index contributed by atoms with van der Waals surface area (Å²) in [4.78, 5) is 25.6. The molecule has 0 aromatic carbocycles. The van der Waals surface area contributed by atoms with Crippen LogP contribution in [0.5, 0.6) is 0 Å². The average Bonchev–Trinajstić information content (AvgIpc) is 2.34. The second-order valence-electron chi connectivity index (χ2n) is 5.49. The summed E-state index contributed by atoms with van der Waals surface area (Å²) in [5.74, 6) is -3.13. The number of piperidine rings is 1. The molecule has 0 aromatic rings. The number of hydrogen-bond donors (Lipinski definition) is 2. The monoisotopic (exact) mass is 290 g/mol. The Hall–Kier alpha value is -1.44. The van der Waals surface area contributed by atoms with Crippen molar-refractivity contribution in [1.29, 1.82) is 0 Å². The molecular weight excluding hydrogens is 270 g/mol. The molecule has 0 saturated carbocycles. The van der Waals surface area contributed by atoms with Gasteiger partial charge in [-0.15, -0.1) is 0 Å². The summed E-state index contributed by atoms with van der Waals surface area (Å²) in [5.41, 5.74) is -1.17. The van der Waals surface area contributed by atoms with E-state index in [4.69, 9.17) is 0 Å². The minimum absolute atomic E-state index is 0.0715. The number of amides is 3. The highest BCUT2D eigenvalue weighted by atomic mass is 19.3. The Kier molecular flexibility index (Phi) is 3.86. The van der Waals surface area contributed by atoms with E-state index in [0.29, 0.717) is 6.54 Å². The standard InChI is InChI=1S/C12H20F2N4O2/c1-15-5-9(19)18-6-11(7-18)3-4-17(10(20)16-2)8-12(11,13)14/h15H,3-8H2,1-2H3,(H,16,20). The highest BCUT2D eigenvalue weighted by Gasteiger charge is 2.63. The first-order valence-electron chi connectivity index (χ1n) is 6.62. The lowest BCUT2D eigenvalue weighted by Gasteiger charge is -2.57. The summed E-state index contributed by atoms with van der Waals surface area (Å²) in [7, 11) is 3.07. The van der Waals surface area contributed by atoms with Crippen LogP contribution in [0.3, 0.4) is 0 Å². The number of halogens is 2. The van der Waals surface area contributed by atoms with Gasteiger partial charge in [-0.3, -0.25) is 4.79 Å². The van der Waals surface area contributed by atoms with Crippen molar-refractivity contribution in [2.75, 3.05) is 46.8 Å². The molecule has 0 unspecified atom stereocenters. The molecule has 20 heavy (non-hydrogen) atoms. The maximum Gasteiger partial charge on any atom is 0.317 e. The molecule has 3 amide bonds. The largest absolute Gasteiger partial charge is 0.341 e. The number of likely N-dealkylation sites (N-methyl/N-ethyl adjacent to an activating group) is 1. The van der Waals surface area contributed by atoms with Crippen LogP contribution in [0.15, 0.2) is 0 Å². The van der Waals surface area contributed by atoms with Gasteiger partial charge in [-0.25, -0.2) is 13.6 Å². The van der Waals surface area contributed by atoms with Crippen molar-refractivity contribution >= 4 is 11.9 Å². The third-order valence-electron chi connectivity index (χ3n) is 4.19. The van der Waals surface area contributed by atoms with Gasteiger partial charge in [0.1, 0.15) is 0 Å². The molecule has 8 heteroatoms. The van der Waals surface area contributed by atoms with Gasteiger partial charge in [0.05, 0.1) is 18.5 Å². The Bertz CT molecular complexity index is 410. The van der Waals surface area contributed by atoms with Gasteiger partial charge in [0.25, 0.3) is 5.92 Å². The number of carbonyl (C=O) groups excluding carboxylic acids is 2. The molecule has 2 fully saturated rings. The molecule has 2 aliphatic heterocycles. The normalized spacial score (nSPS) is 23.4. The number of nitrogens with zero attached hydrogens (tertiary/aromatic N) is 2. The van der Waals surface area contributed by atoms with Crippen LogP contribution < -0.4 is 10.6 Å². The van der Waals surface area contributed by atoms with E-state index in [1.54, 1.807) is 7.05 Å². The van der Waals surface area contributed by atoms with E-state index in [2.05, 4.69) is 10.6 Å². The first-order valence-corrected chi connectivity index (χ1v) is 6.62. The van der Waals surface area contributed by atoms with Crippen LogP contribution in [0.25, 0.3) is 0 Å². The fraction of sp³-hybridized carbons (Fsp3) is 0.833. The zero-order valence-corrected chi connectivity index (χ0v) is 11.7. The number of nitrogens with one attached hydrogen (secondary N) is 2. The van der Waals surface area contributed by atoms with Gasteiger partial charge < -0.3 is 20.4 Å². The predicted molar refractivity (Wildman–Crippen MR) is 68.5 cm³/mol. The Morgan fingerprint density at radius 3 is 2.30 bits per heavy atom. The highest BCUT2D eigenvalue weighted by molar-refractivity contribution is 5.79. The molecular formula is C12H20F2N4O2. The molecule has 0 bridgehead atoms. The third-order valence-corrected chi connectivity index (χ3v) is 4.19. The van der Waals surface area contributed by atoms with Gasteiger partial charge in [-0.2, -0.15) is 0 Å². The minimum atomic E-state index is -2.96. The van der Waals surface area contributed by atoms with Crippen molar-refractivity contribution in [3.8, 4) is 0 Å². The lowest BCUT2D eigenvalue weighted by molar-refractivity contribution is -0.218. The van der Waals surface area contributed by atoms with Crippen LogP contribution in [0.4, 0.5) is 13.6 Å². The van der Waals surface area contributed by atoms with Crippen LogP contribution in [0.2, 0.25) is 0 Å². The minimum Gasteiger partial charge on any atom is -0.341 e. The fourth-order valence-electron chi connectivity index (χ4n) is 2.86. The van der Waals surface area contributed by atoms with Crippen molar-refractivity contribution in [3.05, 3.63) is 0 Å². The zero-order valence-electron chi connectivity index (χ0n) is 11.7. The lowest BCUT2D eigenvalue weighted by atomic mass is 9.69. The van der Waals surface area contributed by atoms with Crippen molar-refractivity contribution in [2.24, 2.45) is 5.41 Å². The SMILES string of the molecule is CNCC(=O)N1CC2(CCN(C(=O)NC)CC2(F)F)C1. The molecule has 2 saturated heterocycles. The number of rotatable bonds is 2. The fourth-order valence-corrected chi connectivity index (χ4v) is 2.86. The topological polar surface area (TPSA) is 64.7 Å². The summed E-state index contributed by atoms with van der Waals surface area (Å²) in [6.45, 7) is 0.0142. The molecule has 2 N–H and O–H groups in total. The summed E-state index contributed by atoms with van der Waals surface area (Å²) in [5, 5.41) is 5.08. The molecule has 2 aliphatic rings. The molecule has 0 radical (unpaired) electrons. The molecule has 1 spiro atoms. The van der Waals surface area contributed by atoms with Crippen molar-refractivity contribution in [2.45, 2.75) is 12.3 Å². The highest BCUT2D eigenvalue weighted by Crippen LogP contribution is 2.50. The number of likely N-dealkylation sites (tertiary alicyclic amines) is 2. The van der Waals surface area contributed by atoms with Gasteiger partial charge in [-0.05, 0) is 13.5 Å². The summed E-state index contributed by atoms with van der Waals surface area (Å²) in [6.07, 6.45) is 0.219. The van der Waals surface area contributed by atoms with Crippen molar-refractivity contribution in [3.63, 3.8) is 0 Å². The van der Waals surface area contributed by atoms with E-state index in [-0.39, 0.29) is 32.0 Å². The number of alkyl halides is 2. The smallest absolute Gasteiger partial charge is 0.317 e. The first-order chi connectivity index (χ1) is 9.35. The summed E-state index contributed by atoms with van der Waals surface area (Å²) >= 11 is 0. The Morgan fingerprint density at radius 2 is 1.80 bits per heavy atom. The number of carbonyl (C=O) groups is 2. The average molecular weight is 290 g/mol. The van der Waals surface area contributed by atoms with Crippen LogP contribution in [-0.4, -0.2) is 74.5 Å². The van der Waals surface area contributed by atoms with E-state index in [1.807, 2.05) is 0 Å². The van der Waals surface area contributed by atoms with Crippen LogP contribution in [0, 0.1) is 5.41 Å². The van der Waals surface area contributed by atoms with Gasteiger partial charge >= 0.3 is 6.03 Å². The first kappa shape index (κ1) is 15.0. The second-order valence-corrected chi connectivity index (χ2v) is 5.49. The van der Waals surface area contributed by atoms with Crippen LogP contribution >= 0.6 is 0 Å². The van der Waals surface area contributed by atoms with Crippen molar-refractivity contribution < 1.29 is 18.4 Å². The molecule has 2 rings (SSSR count). The van der Waals surface area contributed by atoms with Gasteiger partial charge in [-0.1, -0.05) is 0 Å². The Balaban J connectivity index is 1.99. The van der Waals surface area contributed by atoms with Gasteiger partial charge in [0, 0.05) is 26.7 Å². The van der Waals surface area contributed by atoms with E-state index in [0.717, 1.165) is 4.90 Å². The van der Waals surface area contributed by atoms with Gasteiger partial charge in [0.2, 0.25) is 5.91 Å². The second kappa shape index (κ2) is 5.16. The van der Waals surface area contributed by atoms with Crippen LogP contribution in [-0.2, 0) is 4.79 Å². The maximum absolute atomic E-state index is 14.3. The molecule has 0 aliphatic carbocycles. The Labute approximate surface area is 116 Å². The molecule has 0 atom stereocenters. The molecule has 2 heterocycles. The summed E-state index contributed by atoms with van der Waals surface area (Å²) < 4.78 is 28.6. The van der Waals surface area contributed by atoms with E-state index in [1.165, 1.54) is 11.9 Å². The quantitative estimate of drug-likeness (QED) is 0.735. The van der Waals surface area contributed by atoms with Crippen LogP contribution in [0.1, 0.15) is 6.42 Å². The third kappa shape index (κ3) is 2.32. The van der Waals surface area contributed by atoms with E-state index in [9.17, 15) is 18.4 Å². The Morgan fingerprint density at radius 1 is 1.15 bits per heavy atom. The lowest BCUT2D eigenvalue weighted by Crippen LogP contribution is -2.72. The zero-order chi connectivity index (χ0) is 15.0. The molecule has 6 nitrogen and oxygen atoms in total. The molecule has 114 valence electrons. The summed E-state index contributed by atoms with van der Waals surface area (Å²) in [6, 6.07) is -0.484. The molecule has 0 aromatic heterocycles. The van der Waals surface area contributed by atoms with Crippen molar-refractivity contribution in [1.82, 2.24) is 20.4 Å². The predicted octanol–water partition coefficient (Wildman–Crippen LogP) is -0.285. The van der Waals surface area contributed by atoms with E-state index < -0.39 is 23.9 Å². The maximum atomic E-state index is 14.3. The van der Waals surface area contributed by atoms with Gasteiger partial charge in [0.15, 0.2) is 0 Å². The number of hydrogen-bond acceptors (Lipinski definition) is 3. The van der Waals surface area contributed by atoms with E-state index >= 15 is 0 Å². The number of urea groups is 1.